The molecule has 3 rings (SSSR count). The van der Waals surface area contributed by atoms with Crippen LogP contribution in [0, 0.1) is 11.6 Å². The minimum Gasteiger partial charge on any atom is -0.322 e. The van der Waals surface area contributed by atoms with Gasteiger partial charge in [-0.15, -0.1) is 0 Å². The number of anilines is 1. The Labute approximate surface area is 167 Å². The van der Waals surface area contributed by atoms with Crippen LogP contribution in [0.1, 0.15) is 36.0 Å². The lowest BCUT2D eigenvalue weighted by Crippen LogP contribution is -2.32. The maximum absolute atomic E-state index is 13.4. The molecule has 0 radical (unpaired) electrons. The van der Waals surface area contributed by atoms with Crippen LogP contribution in [0.4, 0.5) is 14.5 Å². The highest BCUT2D eigenvalue weighted by atomic mass is 35.5. The number of nitrogens with one attached hydrogen (secondary N) is 1. The number of sulfonamides is 1. The topological polar surface area (TPSA) is 66.5 Å². The molecule has 1 N–H and O–H groups in total. The van der Waals surface area contributed by atoms with E-state index in [9.17, 15) is 22.0 Å². The molecule has 0 unspecified atom stereocenters. The fourth-order valence-corrected chi connectivity index (χ4v) is 4.86. The Morgan fingerprint density at radius 1 is 1.00 bits per heavy atom. The van der Waals surface area contributed by atoms with Gasteiger partial charge in [-0.1, -0.05) is 30.5 Å². The van der Waals surface area contributed by atoms with Crippen LogP contribution in [0.2, 0.25) is 5.02 Å². The molecule has 1 aliphatic rings. The SMILES string of the molecule is O=C(Nc1cccc(S(=O)(=O)N2CCCCCC2)c1)c1cc(F)c(F)cc1Cl. The van der Waals surface area contributed by atoms with Crippen molar-refractivity contribution in [1.82, 2.24) is 4.31 Å². The van der Waals surface area contributed by atoms with Gasteiger partial charge in [0, 0.05) is 18.8 Å². The molecule has 1 aliphatic heterocycles. The molecule has 0 aliphatic carbocycles. The largest absolute Gasteiger partial charge is 0.322 e. The summed E-state index contributed by atoms with van der Waals surface area (Å²) in [5, 5.41) is 2.23. The Hall–Kier alpha value is -2.03. The van der Waals surface area contributed by atoms with Crippen molar-refractivity contribution >= 4 is 33.2 Å². The van der Waals surface area contributed by atoms with Gasteiger partial charge in [-0.2, -0.15) is 4.31 Å². The van der Waals surface area contributed by atoms with E-state index in [0.717, 1.165) is 25.7 Å². The van der Waals surface area contributed by atoms with Gasteiger partial charge in [-0.3, -0.25) is 4.79 Å². The number of carbonyl (C=O) groups is 1. The zero-order valence-corrected chi connectivity index (χ0v) is 16.5. The second-order valence-electron chi connectivity index (χ2n) is 6.55. The number of benzene rings is 2. The van der Waals surface area contributed by atoms with Crippen molar-refractivity contribution in [2.75, 3.05) is 18.4 Å². The van der Waals surface area contributed by atoms with Crippen LogP contribution in [-0.4, -0.2) is 31.7 Å². The molecule has 0 aromatic heterocycles. The van der Waals surface area contributed by atoms with Crippen molar-refractivity contribution < 1.29 is 22.0 Å². The highest BCUT2D eigenvalue weighted by Gasteiger charge is 2.25. The molecule has 1 amide bonds. The number of carbonyl (C=O) groups excluding carboxylic acids is 1. The fraction of sp³-hybridized carbons (Fsp3) is 0.316. The molecular weight excluding hydrogens is 410 g/mol. The zero-order chi connectivity index (χ0) is 20.3. The third-order valence-electron chi connectivity index (χ3n) is 4.55. The summed E-state index contributed by atoms with van der Waals surface area (Å²) in [7, 11) is -3.68. The molecule has 0 saturated carbocycles. The lowest BCUT2D eigenvalue weighted by Gasteiger charge is -2.20. The Kier molecular flexibility index (Phi) is 6.32. The highest BCUT2D eigenvalue weighted by Crippen LogP contribution is 2.24. The van der Waals surface area contributed by atoms with Crippen LogP contribution in [0.25, 0.3) is 0 Å². The summed E-state index contributed by atoms with van der Waals surface area (Å²) >= 11 is 5.81. The predicted molar refractivity (Wildman–Crippen MR) is 103 cm³/mol. The van der Waals surface area contributed by atoms with Crippen molar-refractivity contribution in [2.45, 2.75) is 30.6 Å². The van der Waals surface area contributed by atoms with E-state index in [1.165, 1.54) is 28.6 Å². The average Bonchev–Trinajstić information content (AvgIpc) is 2.95. The molecule has 1 heterocycles. The maximum Gasteiger partial charge on any atom is 0.257 e. The summed E-state index contributed by atoms with van der Waals surface area (Å²) in [4.78, 5) is 12.4. The molecule has 1 fully saturated rings. The summed E-state index contributed by atoms with van der Waals surface area (Å²) in [6, 6.07) is 7.23. The third-order valence-corrected chi connectivity index (χ3v) is 6.76. The molecule has 0 atom stereocenters. The molecule has 150 valence electrons. The average molecular weight is 429 g/mol. The third kappa shape index (κ3) is 4.51. The first kappa shape index (κ1) is 20.7. The zero-order valence-electron chi connectivity index (χ0n) is 14.9. The summed E-state index contributed by atoms with van der Waals surface area (Å²) in [5.41, 5.74) is -0.0389. The van der Waals surface area contributed by atoms with E-state index in [-0.39, 0.29) is 21.2 Å². The summed E-state index contributed by atoms with van der Waals surface area (Å²) < 4.78 is 53.8. The van der Waals surface area contributed by atoms with Gasteiger partial charge < -0.3 is 5.32 Å². The van der Waals surface area contributed by atoms with E-state index in [4.69, 9.17) is 11.6 Å². The monoisotopic (exact) mass is 428 g/mol. The van der Waals surface area contributed by atoms with Crippen molar-refractivity contribution in [1.29, 1.82) is 0 Å². The Morgan fingerprint density at radius 2 is 1.64 bits per heavy atom. The second-order valence-corrected chi connectivity index (χ2v) is 8.89. The van der Waals surface area contributed by atoms with Crippen molar-refractivity contribution in [3.63, 3.8) is 0 Å². The first-order valence-electron chi connectivity index (χ1n) is 8.85. The maximum atomic E-state index is 13.4. The molecule has 1 saturated heterocycles. The van der Waals surface area contributed by atoms with Gasteiger partial charge in [0.25, 0.3) is 5.91 Å². The van der Waals surface area contributed by atoms with Crippen LogP contribution in [-0.2, 0) is 10.0 Å². The highest BCUT2D eigenvalue weighted by molar-refractivity contribution is 7.89. The molecule has 9 heteroatoms. The molecule has 0 spiro atoms. The van der Waals surface area contributed by atoms with E-state index >= 15 is 0 Å². The van der Waals surface area contributed by atoms with Gasteiger partial charge in [-0.05, 0) is 43.2 Å². The number of amides is 1. The van der Waals surface area contributed by atoms with Crippen molar-refractivity contribution in [3.05, 3.63) is 58.6 Å². The van der Waals surface area contributed by atoms with Gasteiger partial charge >= 0.3 is 0 Å². The molecule has 0 bridgehead atoms. The van der Waals surface area contributed by atoms with Crippen molar-refractivity contribution in [2.24, 2.45) is 0 Å². The van der Waals surface area contributed by atoms with Gasteiger partial charge in [0.2, 0.25) is 10.0 Å². The quantitative estimate of drug-likeness (QED) is 0.732. The normalized spacial score (nSPS) is 15.8. The van der Waals surface area contributed by atoms with Gasteiger partial charge in [0.05, 0.1) is 15.5 Å². The van der Waals surface area contributed by atoms with Crippen LogP contribution in [0.15, 0.2) is 41.3 Å². The van der Waals surface area contributed by atoms with Gasteiger partial charge in [0.1, 0.15) is 0 Å². The van der Waals surface area contributed by atoms with E-state index in [0.29, 0.717) is 25.2 Å². The summed E-state index contributed by atoms with van der Waals surface area (Å²) in [5.74, 6) is -3.13. The second kappa shape index (κ2) is 8.55. The Bertz CT molecular complexity index is 991. The van der Waals surface area contributed by atoms with Crippen LogP contribution in [0.5, 0.6) is 0 Å². The summed E-state index contributed by atoms with van der Waals surface area (Å²) in [6.45, 7) is 0.923. The molecule has 2 aromatic rings. The minimum atomic E-state index is -3.68. The van der Waals surface area contributed by atoms with E-state index < -0.39 is 27.6 Å². The number of rotatable bonds is 4. The van der Waals surface area contributed by atoms with Crippen LogP contribution >= 0.6 is 11.6 Å². The fourth-order valence-electron chi connectivity index (χ4n) is 3.06. The summed E-state index contributed by atoms with van der Waals surface area (Å²) in [6.07, 6.45) is 3.61. The number of hydrogen-bond donors (Lipinski definition) is 1. The number of hydrogen-bond acceptors (Lipinski definition) is 3. The smallest absolute Gasteiger partial charge is 0.257 e. The van der Waals surface area contributed by atoms with Crippen molar-refractivity contribution in [3.8, 4) is 0 Å². The molecular formula is C19H19ClF2N2O3S. The molecule has 28 heavy (non-hydrogen) atoms. The predicted octanol–water partition coefficient (Wildman–Crippen LogP) is 4.44. The number of nitrogens with zero attached hydrogens (tertiary/aromatic N) is 1. The molecule has 5 nitrogen and oxygen atoms in total. The first-order valence-corrected chi connectivity index (χ1v) is 10.7. The van der Waals surface area contributed by atoms with Crippen LogP contribution < -0.4 is 5.32 Å². The van der Waals surface area contributed by atoms with E-state index in [1.807, 2.05) is 0 Å². The lowest BCUT2D eigenvalue weighted by molar-refractivity contribution is 0.102. The molecule has 2 aromatic carbocycles. The van der Waals surface area contributed by atoms with Gasteiger partial charge in [-0.25, -0.2) is 17.2 Å². The minimum absolute atomic E-state index is 0.0589. The Morgan fingerprint density at radius 3 is 2.32 bits per heavy atom. The number of halogens is 3. The lowest BCUT2D eigenvalue weighted by atomic mass is 10.2. The van der Waals surface area contributed by atoms with Gasteiger partial charge in [0.15, 0.2) is 11.6 Å². The Balaban J connectivity index is 1.83. The standard InChI is InChI=1S/C19H19ClF2N2O3S/c20-16-12-18(22)17(21)11-15(16)19(25)23-13-6-5-7-14(10-13)28(26,27)24-8-3-1-2-4-9-24/h5-7,10-12H,1-4,8-9H2,(H,23,25). The van der Waals surface area contributed by atoms with Crippen LogP contribution in [0.3, 0.4) is 0 Å². The van der Waals surface area contributed by atoms with E-state index in [2.05, 4.69) is 5.32 Å². The van der Waals surface area contributed by atoms with E-state index in [1.54, 1.807) is 0 Å². The first-order chi connectivity index (χ1) is 13.3.